The molecule has 2 rings (SSSR count). The number of aromatic nitrogens is 1. The van der Waals surface area contributed by atoms with E-state index in [0.29, 0.717) is 15.6 Å². The molecular formula is C9H8N4O3. The van der Waals surface area contributed by atoms with Crippen molar-refractivity contribution in [3.8, 4) is 5.88 Å². The SMILES string of the molecule is NC(=O)/N=N/c1c(O)n(O)c2ccccc12. The fraction of sp³-hybridized carbons (Fsp3) is 0. The number of carbonyl (C=O) groups excluding carboxylic acids is 1. The molecule has 1 heterocycles. The van der Waals surface area contributed by atoms with Crippen LogP contribution in [0.1, 0.15) is 0 Å². The predicted octanol–water partition coefficient (Wildman–Crippen LogP) is 1.75. The second-order valence-corrected chi connectivity index (χ2v) is 3.04. The van der Waals surface area contributed by atoms with Crippen LogP contribution in [0.4, 0.5) is 10.5 Å². The van der Waals surface area contributed by atoms with Crippen molar-refractivity contribution in [3.63, 3.8) is 0 Å². The minimum absolute atomic E-state index is 0.00287. The fourth-order valence-electron chi connectivity index (χ4n) is 1.39. The summed E-state index contributed by atoms with van der Waals surface area (Å²) < 4.78 is 0.560. The van der Waals surface area contributed by atoms with Gasteiger partial charge in [-0.15, -0.1) is 9.84 Å². The maximum absolute atomic E-state index is 10.4. The lowest BCUT2D eigenvalue weighted by Gasteiger charge is -1.93. The number of para-hydroxylation sites is 1. The summed E-state index contributed by atoms with van der Waals surface area (Å²) in [6.07, 6.45) is 0. The normalized spacial score (nSPS) is 11.2. The molecule has 0 bridgehead atoms. The summed E-state index contributed by atoms with van der Waals surface area (Å²) in [5.41, 5.74) is 5.15. The van der Waals surface area contributed by atoms with Crippen molar-refractivity contribution >= 4 is 22.6 Å². The number of hydrogen-bond acceptors (Lipinski definition) is 4. The Morgan fingerprint density at radius 1 is 1.38 bits per heavy atom. The Kier molecular flexibility index (Phi) is 2.20. The van der Waals surface area contributed by atoms with Crippen LogP contribution in [0.3, 0.4) is 0 Å². The van der Waals surface area contributed by atoms with Gasteiger partial charge in [-0.25, -0.2) is 4.79 Å². The number of hydrogen-bond donors (Lipinski definition) is 3. The topological polar surface area (TPSA) is 113 Å². The minimum atomic E-state index is -0.978. The largest absolute Gasteiger partial charge is 0.491 e. The summed E-state index contributed by atoms with van der Waals surface area (Å²) in [7, 11) is 0. The molecule has 2 amide bonds. The van der Waals surface area contributed by atoms with Gasteiger partial charge in [0.2, 0.25) is 0 Å². The van der Waals surface area contributed by atoms with Crippen molar-refractivity contribution in [2.75, 3.05) is 0 Å². The highest BCUT2D eigenvalue weighted by molar-refractivity contribution is 5.94. The first-order valence-corrected chi connectivity index (χ1v) is 4.34. The molecule has 16 heavy (non-hydrogen) atoms. The number of nitrogens with two attached hydrogens (primary N) is 1. The standard InChI is InChI=1S/C9H8N4O3/c10-9(15)12-11-7-5-3-1-2-4-6(5)13(16)8(7)14/h1-4,14,16H,(H2,10,15)/b12-11+. The molecule has 0 unspecified atom stereocenters. The lowest BCUT2D eigenvalue weighted by atomic mass is 10.2. The second-order valence-electron chi connectivity index (χ2n) is 3.04. The smallest absolute Gasteiger partial charge is 0.356 e. The highest BCUT2D eigenvalue weighted by atomic mass is 16.5. The predicted molar refractivity (Wildman–Crippen MR) is 54.9 cm³/mol. The molecule has 2 aromatic rings. The van der Waals surface area contributed by atoms with Gasteiger partial charge in [-0.1, -0.05) is 23.3 Å². The average molecular weight is 220 g/mol. The Balaban J connectivity index is 2.69. The summed E-state index contributed by atoms with van der Waals surface area (Å²) in [6, 6.07) is 5.61. The molecule has 0 aliphatic heterocycles. The van der Waals surface area contributed by atoms with E-state index >= 15 is 0 Å². The summed E-state index contributed by atoms with van der Waals surface area (Å²) in [4.78, 5) is 10.4. The highest BCUT2D eigenvalue weighted by Crippen LogP contribution is 2.37. The van der Waals surface area contributed by atoms with Crippen molar-refractivity contribution in [1.29, 1.82) is 0 Å². The van der Waals surface area contributed by atoms with E-state index in [9.17, 15) is 15.1 Å². The Labute approximate surface area is 89.4 Å². The van der Waals surface area contributed by atoms with Crippen molar-refractivity contribution in [2.45, 2.75) is 0 Å². The number of urea groups is 1. The summed E-state index contributed by atoms with van der Waals surface area (Å²) in [6.45, 7) is 0. The maximum Gasteiger partial charge on any atom is 0.356 e. The Hall–Kier alpha value is -2.57. The van der Waals surface area contributed by atoms with Crippen LogP contribution in [0.25, 0.3) is 10.9 Å². The Bertz CT molecular complexity index is 588. The highest BCUT2D eigenvalue weighted by Gasteiger charge is 2.15. The van der Waals surface area contributed by atoms with Gasteiger partial charge in [0, 0.05) is 5.39 Å². The fourth-order valence-corrected chi connectivity index (χ4v) is 1.39. The third-order valence-corrected chi connectivity index (χ3v) is 2.05. The number of nitrogens with zero attached hydrogens (tertiary/aromatic N) is 3. The number of fused-ring (bicyclic) bond motifs is 1. The molecule has 7 heteroatoms. The van der Waals surface area contributed by atoms with Crippen molar-refractivity contribution in [2.24, 2.45) is 16.0 Å². The maximum atomic E-state index is 10.4. The van der Waals surface area contributed by atoms with Gasteiger partial charge in [0.15, 0.2) is 5.69 Å². The van der Waals surface area contributed by atoms with Crippen molar-refractivity contribution < 1.29 is 15.1 Å². The molecule has 0 saturated carbocycles. The molecule has 0 fully saturated rings. The van der Waals surface area contributed by atoms with Crippen LogP contribution in [0.15, 0.2) is 34.5 Å². The Morgan fingerprint density at radius 3 is 2.75 bits per heavy atom. The van der Waals surface area contributed by atoms with E-state index < -0.39 is 11.9 Å². The number of benzene rings is 1. The van der Waals surface area contributed by atoms with Crippen LogP contribution in [0.2, 0.25) is 0 Å². The van der Waals surface area contributed by atoms with E-state index in [1.165, 1.54) is 0 Å². The molecule has 4 N–H and O–H groups in total. The van der Waals surface area contributed by atoms with Crippen LogP contribution in [-0.4, -0.2) is 21.1 Å². The van der Waals surface area contributed by atoms with E-state index in [2.05, 4.69) is 10.2 Å². The van der Waals surface area contributed by atoms with Gasteiger partial charge in [0.25, 0.3) is 5.88 Å². The van der Waals surface area contributed by atoms with Gasteiger partial charge in [0.05, 0.1) is 5.52 Å². The molecule has 1 aromatic carbocycles. The van der Waals surface area contributed by atoms with Crippen molar-refractivity contribution in [1.82, 2.24) is 4.73 Å². The quantitative estimate of drug-likeness (QED) is 0.502. The van der Waals surface area contributed by atoms with Crippen LogP contribution in [-0.2, 0) is 0 Å². The number of rotatable bonds is 1. The lowest BCUT2D eigenvalue weighted by Crippen LogP contribution is -2.01. The number of amides is 2. The van der Waals surface area contributed by atoms with E-state index in [1.807, 2.05) is 0 Å². The zero-order valence-electron chi connectivity index (χ0n) is 8.03. The summed E-state index contributed by atoms with van der Waals surface area (Å²) in [5, 5.41) is 26.1. The van der Waals surface area contributed by atoms with Gasteiger partial charge < -0.3 is 16.0 Å². The first kappa shape index (κ1) is 9.97. The molecule has 0 aliphatic carbocycles. The van der Waals surface area contributed by atoms with Crippen LogP contribution in [0, 0.1) is 0 Å². The molecule has 82 valence electrons. The molecule has 7 nitrogen and oxygen atoms in total. The van der Waals surface area contributed by atoms with Crippen LogP contribution in [0.5, 0.6) is 5.88 Å². The second kappa shape index (κ2) is 3.54. The summed E-state index contributed by atoms with van der Waals surface area (Å²) in [5.74, 6) is -0.494. The molecule has 0 saturated heterocycles. The van der Waals surface area contributed by atoms with E-state index in [4.69, 9.17) is 5.73 Å². The van der Waals surface area contributed by atoms with Gasteiger partial charge in [0.1, 0.15) is 0 Å². The zero-order valence-corrected chi connectivity index (χ0v) is 8.03. The molecule has 0 aliphatic rings. The number of aromatic hydroxyl groups is 1. The van der Waals surface area contributed by atoms with E-state index in [-0.39, 0.29) is 5.69 Å². The Morgan fingerprint density at radius 2 is 2.06 bits per heavy atom. The van der Waals surface area contributed by atoms with Gasteiger partial charge in [-0.05, 0) is 6.07 Å². The minimum Gasteiger partial charge on any atom is -0.491 e. The molecule has 1 aromatic heterocycles. The number of azo groups is 1. The number of carbonyl (C=O) groups is 1. The van der Waals surface area contributed by atoms with E-state index in [1.54, 1.807) is 24.3 Å². The molecule has 0 atom stereocenters. The van der Waals surface area contributed by atoms with Crippen molar-refractivity contribution in [3.05, 3.63) is 24.3 Å². The first-order valence-electron chi connectivity index (χ1n) is 4.34. The zero-order chi connectivity index (χ0) is 11.7. The van der Waals surface area contributed by atoms with Gasteiger partial charge >= 0.3 is 6.03 Å². The van der Waals surface area contributed by atoms with Gasteiger partial charge in [-0.2, -0.15) is 0 Å². The molecule has 0 spiro atoms. The average Bonchev–Trinajstić information content (AvgIpc) is 2.50. The molecule has 0 radical (unpaired) electrons. The number of primary amides is 1. The third-order valence-electron chi connectivity index (χ3n) is 2.05. The molecular weight excluding hydrogens is 212 g/mol. The van der Waals surface area contributed by atoms with Crippen LogP contribution >= 0.6 is 0 Å². The van der Waals surface area contributed by atoms with Crippen LogP contribution < -0.4 is 5.73 Å². The van der Waals surface area contributed by atoms with E-state index in [0.717, 1.165) is 0 Å². The third kappa shape index (κ3) is 1.44. The lowest BCUT2D eigenvalue weighted by molar-refractivity contribution is 0.168. The van der Waals surface area contributed by atoms with Gasteiger partial charge in [-0.3, -0.25) is 0 Å². The summed E-state index contributed by atoms with van der Waals surface area (Å²) >= 11 is 0. The monoisotopic (exact) mass is 220 g/mol. The first-order chi connectivity index (χ1) is 7.61.